The second kappa shape index (κ2) is 16.9. The van der Waals surface area contributed by atoms with Gasteiger partial charge >= 0.3 is 23.9 Å². The fourth-order valence-electron chi connectivity index (χ4n) is 9.94. The normalized spacial score (nSPS) is 31.7. The van der Waals surface area contributed by atoms with Gasteiger partial charge in [0.05, 0.1) is 35.6 Å². The first kappa shape index (κ1) is 44.3. The van der Waals surface area contributed by atoms with Crippen LogP contribution >= 0.6 is 0 Å². The van der Waals surface area contributed by atoms with Gasteiger partial charge < -0.3 is 44.0 Å². The first-order chi connectivity index (χ1) is 29.4. The van der Waals surface area contributed by atoms with Crippen LogP contribution in [0, 0.1) is 16.7 Å². The molecule has 1 heterocycles. The lowest BCUT2D eigenvalue weighted by Gasteiger charge is -2.67. The molecule has 3 aromatic rings. The van der Waals surface area contributed by atoms with Crippen LogP contribution in [-0.4, -0.2) is 107 Å². The molecular formula is C47H51NO14. The lowest BCUT2D eigenvalue weighted by molar-refractivity contribution is -0.345. The first-order valence-corrected chi connectivity index (χ1v) is 20.4. The van der Waals surface area contributed by atoms with Gasteiger partial charge in [0.15, 0.2) is 23.6 Å². The molecular weight excluding hydrogens is 803 g/mol. The summed E-state index contributed by atoms with van der Waals surface area (Å²) in [5, 5.41) is 28.6. The Balaban J connectivity index is 1.37. The summed E-state index contributed by atoms with van der Waals surface area (Å²) in [5.41, 5.74) is -6.83. The number of fused-ring (bicyclic) bond motifs is 5. The molecule has 0 radical (unpaired) electrons. The van der Waals surface area contributed by atoms with Gasteiger partial charge in [0.25, 0.3) is 5.91 Å². The Bertz CT molecular complexity index is 2250. The minimum Gasteiger partial charge on any atom is -0.456 e. The summed E-state index contributed by atoms with van der Waals surface area (Å²) in [6.07, 6.45) is -8.29. The number of rotatable bonds is 11. The molecule has 3 fully saturated rings. The standard InChI is InChI=1S/C47H51NO14/c1-26(49)59-36-32-22-31(60-43(55)37(57-6)35(28-16-10-7-11-17-28)48-41(53)29-18-12-8-13-19-29)24-47(56,44(32,3)4)40(61-42(54)30-20-14-9-15-21-30)38-45(5,39(36)52)33(51)23-34-46(38,25-58-34)62-27(2)50/h7-22,31,33-38,40,51,56H,23-25H2,1-6H3,(H,48,53)/t31?,33-,34+,35?,36?,37+,38?,40?,45+,46?,47-/m0/s1. The maximum absolute atomic E-state index is 15.4. The van der Waals surface area contributed by atoms with Crippen molar-refractivity contribution >= 4 is 35.6 Å². The number of ketones is 1. The van der Waals surface area contributed by atoms with Crippen LogP contribution in [-0.2, 0) is 47.6 Å². The topological polar surface area (TPSA) is 210 Å². The molecule has 15 heteroatoms. The van der Waals surface area contributed by atoms with E-state index in [1.54, 1.807) is 92.7 Å². The van der Waals surface area contributed by atoms with E-state index in [1.807, 2.05) is 0 Å². The molecule has 1 saturated heterocycles. The number of carbonyl (C=O) groups is 6. The molecule has 328 valence electrons. The van der Waals surface area contributed by atoms with E-state index in [1.165, 1.54) is 32.2 Å². The van der Waals surface area contributed by atoms with E-state index in [0.717, 1.165) is 13.8 Å². The number of benzene rings is 3. The van der Waals surface area contributed by atoms with Gasteiger partial charge in [-0.15, -0.1) is 0 Å². The van der Waals surface area contributed by atoms with E-state index < -0.39 is 113 Å². The van der Waals surface area contributed by atoms with Crippen LogP contribution < -0.4 is 5.32 Å². The number of carbonyl (C=O) groups excluding carboxylic acids is 6. The van der Waals surface area contributed by atoms with E-state index >= 15 is 4.79 Å². The maximum atomic E-state index is 15.4. The molecule has 3 N–H and O–H groups in total. The lowest BCUT2D eigenvalue weighted by atomic mass is 9.45. The van der Waals surface area contributed by atoms with Crippen LogP contribution in [0.2, 0.25) is 0 Å². The van der Waals surface area contributed by atoms with Crippen molar-refractivity contribution in [3.63, 3.8) is 0 Å². The van der Waals surface area contributed by atoms with Gasteiger partial charge in [0, 0.05) is 44.8 Å². The predicted molar refractivity (Wildman–Crippen MR) is 218 cm³/mol. The summed E-state index contributed by atoms with van der Waals surface area (Å²) >= 11 is 0. The molecule has 2 saturated carbocycles. The van der Waals surface area contributed by atoms with E-state index in [9.17, 15) is 34.2 Å². The highest BCUT2D eigenvalue weighted by Crippen LogP contribution is 2.63. The average Bonchev–Trinajstić information content (AvgIpc) is 3.24. The zero-order valence-corrected chi connectivity index (χ0v) is 35.3. The van der Waals surface area contributed by atoms with Crippen LogP contribution in [0.3, 0.4) is 0 Å². The first-order valence-electron chi connectivity index (χ1n) is 20.4. The van der Waals surface area contributed by atoms with Gasteiger partial charge in [0.1, 0.15) is 23.9 Å². The Morgan fingerprint density at radius 3 is 1.97 bits per heavy atom. The number of nitrogens with one attached hydrogen (secondary N) is 1. The number of hydrogen-bond acceptors (Lipinski definition) is 14. The summed E-state index contributed by atoms with van der Waals surface area (Å²) in [4.78, 5) is 83.6. The number of amides is 1. The van der Waals surface area contributed by atoms with Gasteiger partial charge in [-0.25, -0.2) is 9.59 Å². The number of ether oxygens (including phenoxy) is 6. The Morgan fingerprint density at radius 1 is 0.823 bits per heavy atom. The Morgan fingerprint density at radius 2 is 1.42 bits per heavy atom. The summed E-state index contributed by atoms with van der Waals surface area (Å²) in [6, 6.07) is 23.8. The van der Waals surface area contributed by atoms with Crippen molar-refractivity contribution in [2.24, 2.45) is 16.7 Å². The zero-order chi connectivity index (χ0) is 44.8. The minimum atomic E-state index is -2.34. The van der Waals surface area contributed by atoms with Gasteiger partial charge in [-0.1, -0.05) is 80.6 Å². The second-order valence-electron chi connectivity index (χ2n) is 17.1. The summed E-state index contributed by atoms with van der Waals surface area (Å²) < 4.78 is 36.1. The van der Waals surface area contributed by atoms with E-state index in [4.69, 9.17) is 28.4 Å². The third-order valence-electron chi connectivity index (χ3n) is 13.3. The SMILES string of the molecule is CO[C@@H](C(=O)OC1C=C2C(OC(C)=O)C(=O)[C@@]3(C)C(C(OC(=O)c4ccccc4)[C@@](O)(C1)C2(C)C)C1(OC(C)=O)CO[C@@H]1C[C@@H]3O)C(NC(=O)c1ccccc1)c1ccccc1. The van der Waals surface area contributed by atoms with Crippen LogP contribution in [0.25, 0.3) is 0 Å². The van der Waals surface area contributed by atoms with Crippen molar-refractivity contribution in [3.8, 4) is 0 Å². The molecule has 3 aromatic carbocycles. The average molecular weight is 854 g/mol. The summed E-state index contributed by atoms with van der Waals surface area (Å²) in [5.74, 6) is -6.40. The molecule has 11 atom stereocenters. The van der Waals surface area contributed by atoms with Crippen molar-refractivity contribution in [1.29, 1.82) is 0 Å². The Hall–Kier alpha value is -5.74. The van der Waals surface area contributed by atoms with Crippen molar-refractivity contribution in [2.75, 3.05) is 13.7 Å². The molecule has 7 rings (SSSR count). The van der Waals surface area contributed by atoms with Gasteiger partial charge in [0.2, 0.25) is 0 Å². The van der Waals surface area contributed by atoms with Crippen LogP contribution in [0.5, 0.6) is 0 Å². The lowest BCUT2D eigenvalue weighted by Crippen LogP contribution is -2.81. The molecule has 62 heavy (non-hydrogen) atoms. The Kier molecular flexibility index (Phi) is 12.0. The van der Waals surface area contributed by atoms with E-state index in [-0.39, 0.29) is 24.2 Å². The van der Waals surface area contributed by atoms with Crippen molar-refractivity contribution in [3.05, 3.63) is 119 Å². The third kappa shape index (κ3) is 7.50. The Labute approximate surface area is 358 Å². The van der Waals surface area contributed by atoms with Crippen LogP contribution in [0.1, 0.15) is 79.8 Å². The minimum absolute atomic E-state index is 0.00337. The van der Waals surface area contributed by atoms with Gasteiger partial charge in [-0.2, -0.15) is 0 Å². The zero-order valence-electron chi connectivity index (χ0n) is 35.3. The van der Waals surface area contributed by atoms with Crippen LogP contribution in [0.4, 0.5) is 0 Å². The number of methoxy groups -OCH3 is 1. The number of Topliss-reactive ketones (excluding diaryl/α,β-unsaturated/α-hetero) is 1. The predicted octanol–water partition coefficient (Wildman–Crippen LogP) is 4.00. The highest BCUT2D eigenvalue weighted by atomic mass is 16.6. The fourth-order valence-corrected chi connectivity index (χ4v) is 9.94. The smallest absolute Gasteiger partial charge is 0.338 e. The molecule has 3 aliphatic carbocycles. The molecule has 0 spiro atoms. The molecule has 0 aromatic heterocycles. The van der Waals surface area contributed by atoms with E-state index in [0.29, 0.717) is 11.1 Å². The molecule has 4 aliphatic rings. The number of aliphatic hydroxyl groups excluding tert-OH is 1. The fraction of sp³-hybridized carbons (Fsp3) is 0.447. The largest absolute Gasteiger partial charge is 0.456 e. The van der Waals surface area contributed by atoms with E-state index in [2.05, 4.69) is 5.32 Å². The summed E-state index contributed by atoms with van der Waals surface area (Å²) in [7, 11) is 1.27. The number of esters is 4. The highest BCUT2D eigenvalue weighted by molar-refractivity contribution is 5.96. The molecule has 6 unspecified atom stereocenters. The quantitative estimate of drug-likeness (QED) is 0.142. The molecule has 15 nitrogen and oxygen atoms in total. The molecule has 2 bridgehead atoms. The monoisotopic (exact) mass is 853 g/mol. The maximum Gasteiger partial charge on any atom is 0.338 e. The highest BCUT2D eigenvalue weighted by Gasteiger charge is 2.78. The third-order valence-corrected chi connectivity index (χ3v) is 13.3. The van der Waals surface area contributed by atoms with Crippen molar-refractivity contribution in [2.45, 2.75) is 101 Å². The van der Waals surface area contributed by atoms with Crippen molar-refractivity contribution < 1.29 is 67.4 Å². The number of hydrogen-bond donors (Lipinski definition) is 3. The van der Waals surface area contributed by atoms with Gasteiger partial charge in [-0.05, 0) is 48.4 Å². The van der Waals surface area contributed by atoms with Crippen molar-refractivity contribution in [1.82, 2.24) is 5.32 Å². The molecule has 1 amide bonds. The number of aliphatic hydroxyl groups is 2. The molecule has 1 aliphatic heterocycles. The summed E-state index contributed by atoms with van der Waals surface area (Å²) in [6.45, 7) is 6.52. The second-order valence-corrected chi connectivity index (χ2v) is 17.1. The van der Waals surface area contributed by atoms with Crippen LogP contribution in [0.15, 0.2) is 103 Å². The van der Waals surface area contributed by atoms with Gasteiger partial charge in [-0.3, -0.25) is 19.2 Å².